The molecule has 1 fully saturated rings. The highest BCUT2D eigenvalue weighted by atomic mass is 16.5. The lowest BCUT2D eigenvalue weighted by molar-refractivity contribution is 0.114. The summed E-state index contributed by atoms with van der Waals surface area (Å²) in [6.07, 6.45) is 5.35. The van der Waals surface area contributed by atoms with E-state index in [1.165, 1.54) is 28.1 Å². The van der Waals surface area contributed by atoms with Crippen LogP contribution in [-0.4, -0.2) is 17.7 Å². The van der Waals surface area contributed by atoms with E-state index in [1.54, 1.807) is 0 Å². The maximum atomic E-state index is 6.03. The van der Waals surface area contributed by atoms with Crippen molar-refractivity contribution in [2.24, 2.45) is 0 Å². The van der Waals surface area contributed by atoms with Crippen LogP contribution < -0.4 is 4.90 Å². The third-order valence-corrected chi connectivity index (χ3v) is 4.90. The van der Waals surface area contributed by atoms with Crippen molar-refractivity contribution in [3.63, 3.8) is 0 Å². The number of aryl methyl sites for hydroxylation is 2. The van der Waals surface area contributed by atoms with Gasteiger partial charge in [0.25, 0.3) is 0 Å². The second-order valence-electron chi connectivity index (χ2n) is 6.62. The molecule has 3 heteroatoms. The predicted molar refractivity (Wildman–Crippen MR) is 102 cm³/mol. The molecule has 0 spiro atoms. The van der Waals surface area contributed by atoms with Crippen molar-refractivity contribution >= 4 is 5.69 Å². The van der Waals surface area contributed by atoms with E-state index >= 15 is 0 Å². The Balaban J connectivity index is 1.58. The molecule has 1 aromatic heterocycles. The minimum absolute atomic E-state index is 0.0149. The van der Waals surface area contributed by atoms with Crippen molar-refractivity contribution < 1.29 is 4.74 Å². The lowest BCUT2D eigenvalue weighted by atomic mass is 10.1. The Bertz CT molecular complexity index is 833. The van der Waals surface area contributed by atoms with Crippen LogP contribution in [0.15, 0.2) is 67.0 Å². The van der Waals surface area contributed by atoms with Crippen molar-refractivity contribution in [3.05, 3.63) is 83.7 Å². The number of nitrogens with zero attached hydrogens (tertiary/aromatic N) is 2. The first-order chi connectivity index (χ1) is 12.2. The fourth-order valence-electron chi connectivity index (χ4n) is 3.37. The van der Waals surface area contributed by atoms with E-state index in [2.05, 4.69) is 90.3 Å². The number of aromatic nitrogens is 1. The van der Waals surface area contributed by atoms with E-state index in [0.29, 0.717) is 0 Å². The first kappa shape index (κ1) is 16.0. The number of hydrogen-bond acceptors (Lipinski definition) is 2. The highest BCUT2D eigenvalue weighted by Crippen LogP contribution is 2.32. The number of rotatable bonds is 4. The minimum atomic E-state index is -0.0149. The Morgan fingerprint density at radius 1 is 0.960 bits per heavy atom. The maximum absolute atomic E-state index is 6.03. The summed E-state index contributed by atoms with van der Waals surface area (Å²) in [6.45, 7) is 5.98. The van der Waals surface area contributed by atoms with E-state index < -0.39 is 0 Å². The molecule has 0 N–H and O–H groups in total. The van der Waals surface area contributed by atoms with E-state index in [4.69, 9.17) is 4.74 Å². The third-order valence-electron chi connectivity index (χ3n) is 4.90. The molecule has 1 aliphatic heterocycles. The Kier molecular flexibility index (Phi) is 4.33. The van der Waals surface area contributed by atoms with Gasteiger partial charge in [0.15, 0.2) is 6.23 Å². The molecule has 3 nitrogen and oxygen atoms in total. The molecule has 0 aliphatic carbocycles. The monoisotopic (exact) mass is 332 g/mol. The van der Waals surface area contributed by atoms with Gasteiger partial charge in [0, 0.05) is 35.9 Å². The van der Waals surface area contributed by atoms with Gasteiger partial charge in [-0.1, -0.05) is 36.8 Å². The van der Waals surface area contributed by atoms with E-state index in [9.17, 15) is 0 Å². The molecule has 0 bridgehead atoms. The van der Waals surface area contributed by atoms with Crippen molar-refractivity contribution in [1.29, 1.82) is 0 Å². The second-order valence-corrected chi connectivity index (χ2v) is 6.62. The second kappa shape index (κ2) is 6.77. The Hall–Kier alpha value is -2.52. The average molecular weight is 332 g/mol. The van der Waals surface area contributed by atoms with Gasteiger partial charge in [0.05, 0.1) is 6.61 Å². The van der Waals surface area contributed by atoms with Gasteiger partial charge in [-0.2, -0.15) is 0 Å². The Morgan fingerprint density at radius 3 is 2.40 bits per heavy atom. The highest BCUT2D eigenvalue weighted by Gasteiger charge is 2.27. The summed E-state index contributed by atoms with van der Waals surface area (Å²) >= 11 is 0. The molecule has 25 heavy (non-hydrogen) atoms. The zero-order valence-corrected chi connectivity index (χ0v) is 14.9. The lowest BCUT2D eigenvalue weighted by Gasteiger charge is -2.24. The summed E-state index contributed by atoms with van der Waals surface area (Å²) < 4.78 is 8.20. The number of anilines is 1. The van der Waals surface area contributed by atoms with Gasteiger partial charge in [-0.15, -0.1) is 0 Å². The van der Waals surface area contributed by atoms with Crippen molar-refractivity contribution in [2.75, 3.05) is 18.1 Å². The Labute approximate surface area is 149 Å². The SMILES string of the molecule is CCc1ccc(-n2ccc([C@@H]3OCCN3c3ccc(C)cc3)c2)cc1. The van der Waals surface area contributed by atoms with Crippen LogP contribution in [0.2, 0.25) is 0 Å². The summed E-state index contributed by atoms with van der Waals surface area (Å²) in [6, 6.07) is 19.6. The van der Waals surface area contributed by atoms with Gasteiger partial charge in [0.1, 0.15) is 0 Å². The van der Waals surface area contributed by atoms with Crippen molar-refractivity contribution in [3.8, 4) is 5.69 Å². The molecule has 3 aromatic rings. The van der Waals surface area contributed by atoms with E-state index in [-0.39, 0.29) is 6.23 Å². The molecular formula is C22H24N2O. The normalized spacial score (nSPS) is 17.2. The summed E-state index contributed by atoms with van der Waals surface area (Å²) in [7, 11) is 0. The van der Waals surface area contributed by atoms with Gasteiger partial charge >= 0.3 is 0 Å². The average Bonchev–Trinajstić information content (AvgIpc) is 3.31. The third kappa shape index (κ3) is 3.20. The topological polar surface area (TPSA) is 17.4 Å². The number of hydrogen-bond donors (Lipinski definition) is 0. The lowest BCUT2D eigenvalue weighted by Crippen LogP contribution is -2.22. The molecule has 128 valence electrons. The van der Waals surface area contributed by atoms with Gasteiger partial charge in [-0.05, 0) is 49.2 Å². The molecule has 0 saturated carbocycles. The zero-order chi connectivity index (χ0) is 17.2. The fraction of sp³-hybridized carbons (Fsp3) is 0.273. The van der Waals surface area contributed by atoms with Crippen molar-refractivity contribution in [2.45, 2.75) is 26.5 Å². The van der Waals surface area contributed by atoms with Crippen LogP contribution in [-0.2, 0) is 11.2 Å². The van der Waals surface area contributed by atoms with Crippen LogP contribution in [0.4, 0.5) is 5.69 Å². The summed E-state index contributed by atoms with van der Waals surface area (Å²) in [5.41, 5.74) is 6.23. The van der Waals surface area contributed by atoms with Crippen LogP contribution in [0, 0.1) is 6.92 Å². The van der Waals surface area contributed by atoms with Crippen molar-refractivity contribution in [1.82, 2.24) is 4.57 Å². The molecule has 0 amide bonds. The van der Waals surface area contributed by atoms with Gasteiger partial charge in [-0.25, -0.2) is 0 Å². The van der Waals surface area contributed by atoms with E-state index in [1.807, 2.05) is 0 Å². The number of benzene rings is 2. The molecule has 0 radical (unpaired) electrons. The summed E-state index contributed by atoms with van der Waals surface area (Å²) in [5, 5.41) is 0. The molecular weight excluding hydrogens is 308 g/mol. The quantitative estimate of drug-likeness (QED) is 0.677. The standard InChI is InChI=1S/C22H24N2O/c1-3-18-6-10-20(11-7-18)23-13-12-19(16-23)22-24(14-15-25-22)21-8-4-17(2)5-9-21/h4-13,16,22H,3,14-15H2,1-2H3/t22-/m0/s1. The molecule has 2 heterocycles. The predicted octanol–water partition coefficient (Wildman–Crippen LogP) is 4.88. The van der Waals surface area contributed by atoms with Crippen LogP contribution in [0.1, 0.15) is 29.8 Å². The minimum Gasteiger partial charge on any atom is -0.352 e. The van der Waals surface area contributed by atoms with Gasteiger partial charge < -0.3 is 14.2 Å². The molecule has 1 atom stereocenters. The first-order valence-corrected chi connectivity index (χ1v) is 8.97. The fourth-order valence-corrected chi connectivity index (χ4v) is 3.37. The zero-order valence-electron chi connectivity index (χ0n) is 14.9. The largest absolute Gasteiger partial charge is 0.352 e. The molecule has 4 rings (SSSR count). The molecule has 1 aliphatic rings. The Morgan fingerprint density at radius 2 is 1.68 bits per heavy atom. The smallest absolute Gasteiger partial charge is 0.158 e. The summed E-state index contributed by atoms with van der Waals surface area (Å²) in [5.74, 6) is 0. The van der Waals surface area contributed by atoms with Gasteiger partial charge in [-0.3, -0.25) is 0 Å². The molecule has 0 unspecified atom stereocenters. The number of ether oxygens (including phenoxy) is 1. The molecule has 2 aromatic carbocycles. The van der Waals surface area contributed by atoms with Crippen LogP contribution in [0.5, 0.6) is 0 Å². The molecule has 1 saturated heterocycles. The first-order valence-electron chi connectivity index (χ1n) is 8.97. The maximum Gasteiger partial charge on any atom is 0.158 e. The van der Waals surface area contributed by atoms with Gasteiger partial charge in [0.2, 0.25) is 0 Å². The summed E-state index contributed by atoms with van der Waals surface area (Å²) in [4.78, 5) is 2.33. The van der Waals surface area contributed by atoms with Crippen LogP contribution >= 0.6 is 0 Å². The van der Waals surface area contributed by atoms with E-state index in [0.717, 1.165) is 19.6 Å². The highest BCUT2D eigenvalue weighted by molar-refractivity contribution is 5.50. The van der Waals surface area contributed by atoms with Crippen LogP contribution in [0.25, 0.3) is 5.69 Å². The van der Waals surface area contributed by atoms with Crippen LogP contribution in [0.3, 0.4) is 0 Å².